The van der Waals surface area contributed by atoms with Gasteiger partial charge in [-0.1, -0.05) is 27.7 Å². The molecular formula is C44H77N11O15S. The molecule has 0 aliphatic carbocycles. The number of carboxylic acid groups (broad SMARTS) is 2. The normalized spacial score (nSPS) is 17.2. The molecule has 0 bridgehead atoms. The van der Waals surface area contributed by atoms with Crippen molar-refractivity contribution in [1.82, 2.24) is 42.1 Å². The number of rotatable bonds is 34. The van der Waals surface area contributed by atoms with E-state index in [0.717, 1.165) is 0 Å². The number of thioether (sulfide) groups is 1. The van der Waals surface area contributed by atoms with Crippen molar-refractivity contribution < 1.29 is 73.2 Å². The highest BCUT2D eigenvalue weighted by atomic mass is 32.2. The Morgan fingerprint density at radius 2 is 1.18 bits per heavy atom. The molecule has 26 nitrogen and oxygen atoms in total. The molecule has 404 valence electrons. The van der Waals surface area contributed by atoms with Gasteiger partial charge in [-0.15, -0.1) is 0 Å². The van der Waals surface area contributed by atoms with Crippen LogP contribution >= 0.6 is 11.8 Å². The van der Waals surface area contributed by atoms with Crippen LogP contribution in [0, 0.1) is 11.8 Å². The van der Waals surface area contributed by atoms with Crippen LogP contribution in [0.4, 0.5) is 0 Å². The van der Waals surface area contributed by atoms with Crippen LogP contribution < -0.4 is 54.4 Å². The number of amides is 9. The number of nitrogens with two attached hydrogens (primary N) is 3. The first-order chi connectivity index (χ1) is 33.3. The zero-order valence-electron chi connectivity index (χ0n) is 41.4. The lowest BCUT2D eigenvalue weighted by Crippen LogP contribution is -2.61. The minimum absolute atomic E-state index is 0.00455. The first-order valence-corrected chi connectivity index (χ1v) is 25.1. The maximum Gasteiger partial charge on any atom is 0.328 e. The number of carbonyl (C=O) groups is 11. The molecule has 0 aromatic carbocycles. The fourth-order valence-corrected chi connectivity index (χ4v) is 7.96. The Kier molecular flexibility index (Phi) is 28.9. The molecule has 71 heavy (non-hydrogen) atoms. The van der Waals surface area contributed by atoms with E-state index in [0.29, 0.717) is 18.6 Å². The lowest BCUT2D eigenvalue weighted by Gasteiger charge is -2.31. The number of nitrogens with zero attached hydrogens (tertiary/aromatic N) is 1. The van der Waals surface area contributed by atoms with Crippen molar-refractivity contribution in [3.05, 3.63) is 0 Å². The number of carbonyl (C=O) groups excluding carboxylic acids is 9. The molecule has 0 aromatic rings. The molecule has 1 heterocycles. The number of aliphatic carboxylic acids is 2. The minimum Gasteiger partial charge on any atom is -0.481 e. The number of hydrogen-bond donors (Lipinski definition) is 14. The lowest BCUT2D eigenvalue weighted by atomic mass is 10.0. The lowest BCUT2D eigenvalue weighted by molar-refractivity contribution is -0.146. The topological polar surface area (TPSA) is 434 Å². The zero-order valence-corrected chi connectivity index (χ0v) is 42.2. The van der Waals surface area contributed by atoms with E-state index in [2.05, 4.69) is 37.2 Å². The molecule has 1 aliphatic heterocycles. The Morgan fingerprint density at radius 3 is 1.70 bits per heavy atom. The Labute approximate surface area is 417 Å². The first-order valence-electron chi connectivity index (χ1n) is 23.7. The number of hydrogen-bond acceptors (Lipinski definition) is 16. The van der Waals surface area contributed by atoms with Gasteiger partial charge in [0.05, 0.1) is 25.2 Å². The van der Waals surface area contributed by atoms with E-state index in [9.17, 15) is 73.2 Å². The van der Waals surface area contributed by atoms with E-state index in [1.54, 1.807) is 20.1 Å². The van der Waals surface area contributed by atoms with Gasteiger partial charge in [-0.2, -0.15) is 11.8 Å². The minimum atomic E-state index is -1.91. The molecule has 10 atom stereocenters. The SMILES string of the molecule is CSCC[C@H](NC(=O)[C@H](CCCCN)NC(=O)[C@H](CC(=O)O)NC(=O)[C@H](CO)NC(=O)[C@H](CCC(N)=O)NC(=O)[C@@H](N)CC(C)C)C(=O)N1CCC[C@H]1C(=O)N[C@@H](CC(C)C)C(=O)N[C@H](C(=O)O)[C@@H](C)O. The van der Waals surface area contributed by atoms with Gasteiger partial charge in [0.25, 0.3) is 0 Å². The molecule has 17 N–H and O–H groups in total. The first kappa shape index (κ1) is 63.4. The summed E-state index contributed by atoms with van der Waals surface area (Å²) in [7, 11) is 0. The van der Waals surface area contributed by atoms with Gasteiger partial charge in [-0.3, -0.25) is 47.9 Å². The van der Waals surface area contributed by atoms with Gasteiger partial charge in [-0.25, -0.2) is 4.79 Å². The summed E-state index contributed by atoms with van der Waals surface area (Å²) in [5, 5.41) is 56.0. The van der Waals surface area contributed by atoms with Gasteiger partial charge in [0.2, 0.25) is 53.2 Å². The third-order valence-electron chi connectivity index (χ3n) is 11.2. The van der Waals surface area contributed by atoms with Crippen molar-refractivity contribution in [3.8, 4) is 0 Å². The maximum atomic E-state index is 14.3. The second-order valence-corrected chi connectivity index (χ2v) is 19.3. The van der Waals surface area contributed by atoms with Crippen LogP contribution in [0.25, 0.3) is 0 Å². The van der Waals surface area contributed by atoms with Gasteiger partial charge in [0.1, 0.15) is 42.3 Å². The number of carboxylic acids is 2. The zero-order chi connectivity index (χ0) is 54.1. The molecule has 1 aliphatic rings. The average molecular weight is 1030 g/mol. The Hall–Kier alpha value is -5.64. The van der Waals surface area contributed by atoms with Gasteiger partial charge < -0.3 is 79.7 Å². The summed E-state index contributed by atoms with van der Waals surface area (Å²) in [6.07, 6.45) is 0.0454. The van der Waals surface area contributed by atoms with Crippen molar-refractivity contribution in [3.63, 3.8) is 0 Å². The van der Waals surface area contributed by atoms with Crippen molar-refractivity contribution in [1.29, 1.82) is 0 Å². The number of aliphatic hydroxyl groups excluding tert-OH is 2. The summed E-state index contributed by atoms with van der Waals surface area (Å²) in [6.45, 7) is 7.55. The number of unbranched alkanes of at least 4 members (excludes halogenated alkanes) is 1. The van der Waals surface area contributed by atoms with Crippen LogP contribution in [0.1, 0.15) is 105 Å². The van der Waals surface area contributed by atoms with Crippen LogP contribution in [0.15, 0.2) is 0 Å². The van der Waals surface area contributed by atoms with E-state index >= 15 is 0 Å². The monoisotopic (exact) mass is 1030 g/mol. The van der Waals surface area contributed by atoms with Gasteiger partial charge in [0.15, 0.2) is 6.04 Å². The number of likely N-dealkylation sites (tertiary alicyclic amines) is 1. The Balaban J connectivity index is 3.39. The molecule has 0 spiro atoms. The summed E-state index contributed by atoms with van der Waals surface area (Å²) < 4.78 is 0. The van der Waals surface area contributed by atoms with Gasteiger partial charge >= 0.3 is 11.9 Å². The highest BCUT2D eigenvalue weighted by Crippen LogP contribution is 2.21. The Bertz CT molecular complexity index is 1840. The molecule has 0 saturated carbocycles. The highest BCUT2D eigenvalue weighted by Gasteiger charge is 2.41. The van der Waals surface area contributed by atoms with Crippen molar-refractivity contribution in [2.24, 2.45) is 29.0 Å². The number of primary amides is 1. The summed E-state index contributed by atoms with van der Waals surface area (Å²) in [4.78, 5) is 145. The standard InChI is InChI=1S/C44H77N11O15S/c1-22(2)18-25(46)36(61)48-27(12-13-33(47)58)38(63)53-31(21-56)41(66)51-30(20-34(59)60)39(64)49-26(10-7-8-15-45)37(62)50-28(14-17-71-6)43(68)55-16-9-11-32(55)42(67)52-29(19-23(3)4)40(65)54-35(24(5)57)44(69)70/h22-32,35,56-57H,7-21,45-46H2,1-6H3,(H2,47,58)(H,48,61)(H,49,64)(H,50,62)(H,51,66)(H,52,67)(H,53,63)(H,54,65)(H,59,60)(H,69,70)/t24-,25+,26+,27+,28+,29+,30+,31+,32+,35+/m1/s1. The second-order valence-electron chi connectivity index (χ2n) is 18.3. The quantitative estimate of drug-likeness (QED) is 0.0272. The maximum absolute atomic E-state index is 14.3. The summed E-state index contributed by atoms with van der Waals surface area (Å²) in [5.74, 6) is -11.0. The fourth-order valence-electron chi connectivity index (χ4n) is 7.49. The predicted molar refractivity (Wildman–Crippen MR) is 258 cm³/mol. The van der Waals surface area contributed by atoms with Crippen molar-refractivity contribution in [2.45, 2.75) is 166 Å². The largest absolute Gasteiger partial charge is 0.481 e. The second kappa shape index (κ2) is 32.4. The van der Waals surface area contributed by atoms with Gasteiger partial charge in [0, 0.05) is 13.0 Å². The molecule has 1 rings (SSSR count). The molecule has 0 unspecified atom stereocenters. The molecule has 0 radical (unpaired) electrons. The third-order valence-corrected chi connectivity index (χ3v) is 11.9. The van der Waals surface area contributed by atoms with E-state index in [1.807, 2.05) is 13.8 Å². The highest BCUT2D eigenvalue weighted by molar-refractivity contribution is 7.98. The smallest absolute Gasteiger partial charge is 0.328 e. The average Bonchev–Trinajstić information content (AvgIpc) is 3.78. The molecule has 1 fully saturated rings. The molecular weight excluding hydrogens is 955 g/mol. The molecule has 9 amide bonds. The van der Waals surface area contributed by atoms with Crippen molar-refractivity contribution >= 4 is 76.9 Å². The summed E-state index contributed by atoms with van der Waals surface area (Å²) in [6, 6.07) is -12.9. The van der Waals surface area contributed by atoms with Crippen LogP contribution in [-0.4, -0.2) is 183 Å². The predicted octanol–water partition coefficient (Wildman–Crippen LogP) is -4.13. The van der Waals surface area contributed by atoms with Crippen LogP contribution in [-0.2, 0) is 52.7 Å². The number of nitrogens with one attached hydrogen (secondary N) is 7. The van der Waals surface area contributed by atoms with Crippen LogP contribution in [0.5, 0.6) is 0 Å². The third kappa shape index (κ3) is 23.0. The van der Waals surface area contributed by atoms with E-state index in [1.165, 1.54) is 23.6 Å². The van der Waals surface area contributed by atoms with Crippen LogP contribution in [0.3, 0.4) is 0 Å². The number of aliphatic hydroxyl groups is 2. The molecule has 1 saturated heterocycles. The Morgan fingerprint density at radius 1 is 0.662 bits per heavy atom. The summed E-state index contributed by atoms with van der Waals surface area (Å²) in [5.41, 5.74) is 16.9. The molecule has 0 aromatic heterocycles. The van der Waals surface area contributed by atoms with E-state index in [4.69, 9.17) is 17.2 Å². The molecule has 27 heteroatoms. The summed E-state index contributed by atoms with van der Waals surface area (Å²) >= 11 is 1.35. The van der Waals surface area contributed by atoms with Crippen LogP contribution in [0.2, 0.25) is 0 Å². The van der Waals surface area contributed by atoms with E-state index in [-0.39, 0.29) is 76.3 Å². The van der Waals surface area contributed by atoms with Gasteiger partial charge in [-0.05, 0) is 95.1 Å². The fraction of sp³-hybridized carbons (Fsp3) is 0.750. The van der Waals surface area contributed by atoms with Crippen molar-refractivity contribution in [2.75, 3.05) is 31.7 Å². The van der Waals surface area contributed by atoms with E-state index < -0.39 is 139 Å².